The number of aromatic nitrogens is 4. The number of aryl methyl sites for hydroxylation is 2. The van der Waals surface area contributed by atoms with Gasteiger partial charge in [0.1, 0.15) is 0 Å². The molecule has 0 spiro atoms. The van der Waals surface area contributed by atoms with Gasteiger partial charge in [0.2, 0.25) is 0 Å². The molecule has 3 aromatic heterocycles. The molecule has 0 atom stereocenters. The highest BCUT2D eigenvalue weighted by Gasteiger charge is 2.41. The minimum absolute atomic E-state index is 0.0446. The van der Waals surface area contributed by atoms with E-state index in [1.807, 2.05) is 0 Å². The van der Waals surface area contributed by atoms with Crippen LogP contribution >= 0.6 is 0 Å². The molecule has 0 saturated carbocycles. The Hall–Kier alpha value is -4.88. The zero-order chi connectivity index (χ0) is 35.3. The molecule has 254 valence electrons. The van der Waals surface area contributed by atoms with Gasteiger partial charge in [-0.25, -0.2) is 9.97 Å². The summed E-state index contributed by atoms with van der Waals surface area (Å²) >= 11 is 0. The van der Waals surface area contributed by atoms with Crippen LogP contribution in [0.1, 0.15) is 98.4 Å². The molecule has 0 saturated heterocycles. The van der Waals surface area contributed by atoms with Crippen LogP contribution in [0, 0.1) is 0 Å². The van der Waals surface area contributed by atoms with Crippen LogP contribution in [-0.2, 0) is 34.8 Å². The third-order valence-electron chi connectivity index (χ3n) is 8.72. The van der Waals surface area contributed by atoms with Gasteiger partial charge in [-0.2, -0.15) is 26.3 Å². The number of hydrogen-bond acceptors (Lipinski definition) is 4. The largest absolute Gasteiger partial charge is 0.481 e. The van der Waals surface area contributed by atoms with Crippen molar-refractivity contribution in [2.45, 2.75) is 78.6 Å². The zero-order valence-corrected chi connectivity index (χ0v) is 26.4. The van der Waals surface area contributed by atoms with E-state index in [0.29, 0.717) is 33.7 Å². The maximum absolute atomic E-state index is 14.7. The molecule has 2 aliphatic heterocycles. The number of aliphatic carboxylic acids is 2. The topological polar surface area (TPSA) is 132 Å². The average Bonchev–Trinajstić information content (AvgIpc) is 3.72. The molecular formula is C34H32F6N4O4. The Kier molecular flexibility index (Phi) is 9.06. The summed E-state index contributed by atoms with van der Waals surface area (Å²) < 4.78 is 88.1. The van der Waals surface area contributed by atoms with Gasteiger partial charge in [-0.1, -0.05) is 13.8 Å². The fourth-order valence-corrected chi connectivity index (χ4v) is 6.46. The predicted octanol–water partition coefficient (Wildman–Crippen LogP) is 9.07. The van der Waals surface area contributed by atoms with Gasteiger partial charge < -0.3 is 20.2 Å². The number of carbonyl (C=O) groups is 2. The molecule has 3 aromatic rings. The Morgan fingerprint density at radius 3 is 1.31 bits per heavy atom. The zero-order valence-electron chi connectivity index (χ0n) is 26.4. The highest BCUT2D eigenvalue weighted by atomic mass is 19.4. The number of aromatic amines is 2. The van der Waals surface area contributed by atoms with E-state index in [9.17, 15) is 46.1 Å². The van der Waals surface area contributed by atoms with E-state index in [2.05, 4.69) is 9.97 Å². The molecule has 2 aliphatic rings. The van der Waals surface area contributed by atoms with Crippen LogP contribution in [0.2, 0.25) is 0 Å². The van der Waals surface area contributed by atoms with Gasteiger partial charge in [-0.15, -0.1) is 0 Å². The summed E-state index contributed by atoms with van der Waals surface area (Å²) in [7, 11) is 0. The number of halogens is 6. The lowest BCUT2D eigenvalue weighted by atomic mass is 9.95. The minimum atomic E-state index is -5.01. The van der Waals surface area contributed by atoms with Crippen molar-refractivity contribution in [1.29, 1.82) is 0 Å². The van der Waals surface area contributed by atoms with E-state index in [0.717, 1.165) is 0 Å². The quantitative estimate of drug-likeness (QED) is 0.176. The maximum atomic E-state index is 14.7. The first-order chi connectivity index (χ1) is 22.5. The van der Waals surface area contributed by atoms with Crippen LogP contribution in [0.3, 0.4) is 0 Å². The third kappa shape index (κ3) is 6.22. The third-order valence-corrected chi connectivity index (χ3v) is 8.72. The molecule has 0 radical (unpaired) electrons. The van der Waals surface area contributed by atoms with E-state index >= 15 is 0 Å². The molecule has 5 heterocycles. The maximum Gasteiger partial charge on any atom is 0.418 e. The van der Waals surface area contributed by atoms with Crippen molar-refractivity contribution >= 4 is 56.3 Å². The Morgan fingerprint density at radius 2 is 1.02 bits per heavy atom. The van der Waals surface area contributed by atoms with Crippen LogP contribution < -0.4 is 0 Å². The van der Waals surface area contributed by atoms with Gasteiger partial charge in [0.25, 0.3) is 0 Å². The average molecular weight is 675 g/mol. The van der Waals surface area contributed by atoms with E-state index in [4.69, 9.17) is 9.97 Å². The number of nitrogens with zero attached hydrogens (tertiary/aromatic N) is 2. The van der Waals surface area contributed by atoms with Crippen molar-refractivity contribution in [3.05, 3.63) is 69.3 Å². The Bertz CT molecular complexity index is 1920. The van der Waals surface area contributed by atoms with Crippen LogP contribution in [0.25, 0.3) is 44.4 Å². The number of alkyl halides is 6. The van der Waals surface area contributed by atoms with Crippen molar-refractivity contribution in [1.82, 2.24) is 19.9 Å². The summed E-state index contributed by atoms with van der Waals surface area (Å²) in [5, 5.41) is 18.9. The Labute approximate surface area is 270 Å². The van der Waals surface area contributed by atoms with Gasteiger partial charge in [-0.05, 0) is 97.2 Å². The number of carboxylic acid groups (broad SMARTS) is 2. The molecule has 0 amide bonds. The summed E-state index contributed by atoms with van der Waals surface area (Å²) in [6.07, 6.45) is -10.8. The molecule has 8 nitrogen and oxygen atoms in total. The Morgan fingerprint density at radius 1 is 0.667 bits per heavy atom. The van der Waals surface area contributed by atoms with Gasteiger partial charge in [0, 0.05) is 23.9 Å². The molecule has 48 heavy (non-hydrogen) atoms. The first kappa shape index (κ1) is 34.5. The first-order valence-electron chi connectivity index (χ1n) is 15.2. The van der Waals surface area contributed by atoms with Crippen LogP contribution in [0.4, 0.5) is 26.3 Å². The molecule has 4 N–H and O–H groups in total. The monoisotopic (exact) mass is 674 g/mol. The number of hydrogen-bond donors (Lipinski definition) is 4. The minimum Gasteiger partial charge on any atom is -0.481 e. The number of H-pyrrole nitrogens is 2. The van der Waals surface area contributed by atoms with Crippen molar-refractivity contribution in [2.24, 2.45) is 0 Å². The van der Waals surface area contributed by atoms with Crippen molar-refractivity contribution in [3.8, 4) is 0 Å². The fourth-order valence-electron chi connectivity index (χ4n) is 6.46. The number of carboxylic acids is 2. The number of allylic oxidation sites excluding steroid dienone is 4. The molecule has 8 bridgehead atoms. The fraction of sp³-hybridized carbons (Fsp3) is 0.353. The normalized spacial score (nSPS) is 13.9. The van der Waals surface area contributed by atoms with E-state index < -0.39 is 46.5 Å². The summed E-state index contributed by atoms with van der Waals surface area (Å²) in [4.78, 5) is 37.8. The summed E-state index contributed by atoms with van der Waals surface area (Å²) in [6, 6.07) is 5.50. The lowest BCUT2D eigenvalue weighted by molar-refractivity contribution is -0.138. The summed E-state index contributed by atoms with van der Waals surface area (Å²) in [5.74, 6) is -2.14. The predicted molar refractivity (Wildman–Crippen MR) is 168 cm³/mol. The molecule has 14 heteroatoms. The lowest BCUT2D eigenvalue weighted by Crippen LogP contribution is -2.09. The SMILES string of the molecule is CCc1c(C(F)(F)F)c2[nH]c1ccc1nc(c3nc(ccc4[nH]c2c(C(F)(F)F)c4CC)C(C)=C3CCC(=O)O)C(CCC(=O)O)=C1C. The second-order valence-electron chi connectivity index (χ2n) is 11.6. The van der Waals surface area contributed by atoms with Crippen LogP contribution in [-0.4, -0.2) is 42.1 Å². The van der Waals surface area contributed by atoms with Crippen molar-refractivity contribution in [2.75, 3.05) is 0 Å². The van der Waals surface area contributed by atoms with Crippen LogP contribution in [0.15, 0.2) is 24.3 Å². The smallest absolute Gasteiger partial charge is 0.418 e. The van der Waals surface area contributed by atoms with Crippen LogP contribution in [0.5, 0.6) is 0 Å². The standard InChI is InChI=1S/C34H32F6N4O4/c1-5-17-23-11-9-21-15(3)19(7-13-25(45)46)29(41-21)30-20(8-14-26(47)48)16(4)22(42-30)10-12-24-18(6-2)28(34(38,39)40)32(44-24)31(43-23)27(17)33(35,36)37/h9-12,43-44H,5-8,13-14H2,1-4H3,(H,45,46)(H,47,48). The number of fused-ring (bicyclic) bond motifs is 10. The molecular weight excluding hydrogens is 642 g/mol. The van der Waals surface area contributed by atoms with Gasteiger partial charge in [0.05, 0.1) is 44.9 Å². The second-order valence-corrected chi connectivity index (χ2v) is 11.6. The Balaban J connectivity index is 2.02. The van der Waals surface area contributed by atoms with Gasteiger partial charge in [-0.3, -0.25) is 9.59 Å². The molecule has 5 rings (SSSR count). The number of rotatable bonds is 8. The lowest BCUT2D eigenvalue weighted by Gasteiger charge is -2.10. The van der Waals surface area contributed by atoms with Gasteiger partial charge >= 0.3 is 24.3 Å². The summed E-state index contributed by atoms with van der Waals surface area (Å²) in [6.45, 7) is 6.30. The van der Waals surface area contributed by atoms with Crippen molar-refractivity contribution in [3.63, 3.8) is 0 Å². The summed E-state index contributed by atoms with van der Waals surface area (Å²) in [5.41, 5.74) is -1.20. The molecule has 0 fully saturated rings. The highest BCUT2D eigenvalue weighted by Crippen LogP contribution is 2.45. The second kappa shape index (κ2) is 12.6. The highest BCUT2D eigenvalue weighted by molar-refractivity contribution is 6.00. The molecule has 0 unspecified atom stereocenters. The molecule has 0 aliphatic carbocycles. The van der Waals surface area contributed by atoms with E-state index in [1.54, 1.807) is 13.8 Å². The van der Waals surface area contributed by atoms with Crippen molar-refractivity contribution < 1.29 is 46.1 Å². The van der Waals surface area contributed by atoms with Gasteiger partial charge in [0.15, 0.2) is 0 Å². The number of nitrogens with one attached hydrogen (secondary N) is 2. The van der Waals surface area contributed by atoms with E-state index in [1.165, 1.54) is 38.1 Å². The first-order valence-corrected chi connectivity index (χ1v) is 15.2. The van der Waals surface area contributed by atoms with E-state index in [-0.39, 0.29) is 72.1 Å². The molecule has 0 aromatic carbocycles.